The number of nitro groups is 1. The van der Waals surface area contributed by atoms with Gasteiger partial charge in [0.25, 0.3) is 11.6 Å². The third-order valence-electron chi connectivity index (χ3n) is 7.60. The predicted octanol–water partition coefficient (Wildman–Crippen LogP) is 3.58. The number of fused-ring (bicyclic) bond motifs is 1. The van der Waals surface area contributed by atoms with Gasteiger partial charge in [-0.05, 0) is 42.7 Å². The third kappa shape index (κ3) is 17.2. The second-order valence-corrected chi connectivity index (χ2v) is 12.4. The van der Waals surface area contributed by atoms with Crippen molar-refractivity contribution in [1.29, 1.82) is 0 Å². The Bertz CT molecular complexity index is 1940. The molecule has 0 bridgehead atoms. The summed E-state index contributed by atoms with van der Waals surface area (Å²) in [7, 11) is 5.24. The van der Waals surface area contributed by atoms with Crippen LogP contribution >= 0.6 is 0 Å². The molecule has 2 aromatic carbocycles. The van der Waals surface area contributed by atoms with E-state index in [2.05, 4.69) is 40.6 Å². The van der Waals surface area contributed by atoms with Crippen LogP contribution in [0.25, 0.3) is 11.2 Å². The number of nitrogens with one attached hydrogen (secondary N) is 3. The number of rotatable bonds is 23. The number of hydrogen-bond donors (Lipinski definition) is 3. The molecule has 2 heterocycles. The average molecular weight is 789 g/mol. The van der Waals surface area contributed by atoms with Crippen molar-refractivity contribution < 1.29 is 38.3 Å². The summed E-state index contributed by atoms with van der Waals surface area (Å²) in [4.78, 5) is 78.7. The van der Waals surface area contributed by atoms with Gasteiger partial charge in [-0.2, -0.15) is 9.97 Å². The van der Waals surface area contributed by atoms with Gasteiger partial charge in [-0.3, -0.25) is 29.3 Å². The van der Waals surface area contributed by atoms with Crippen LogP contribution in [-0.2, 0) is 36.8 Å². The minimum absolute atomic E-state index is 0.0228. The predicted molar refractivity (Wildman–Crippen MR) is 211 cm³/mol. The first-order chi connectivity index (χ1) is 27.5. The first kappa shape index (κ1) is 44.8. The summed E-state index contributed by atoms with van der Waals surface area (Å²) in [5.74, 6) is 0.0391. The van der Waals surface area contributed by atoms with Crippen molar-refractivity contribution >= 4 is 58.9 Å². The van der Waals surface area contributed by atoms with Gasteiger partial charge in [0, 0.05) is 77.3 Å². The minimum Gasteiger partial charge on any atom is -0.476 e. The molecule has 2 aromatic heterocycles. The van der Waals surface area contributed by atoms with Crippen molar-refractivity contribution in [3.63, 3.8) is 0 Å². The van der Waals surface area contributed by atoms with Gasteiger partial charge in [-0.25, -0.2) is 15.0 Å². The molecule has 0 unspecified atom stereocenters. The van der Waals surface area contributed by atoms with Gasteiger partial charge < -0.3 is 35.1 Å². The molecular formula is C38H48N10O9. The molecule has 19 heteroatoms. The molecular weight excluding hydrogens is 740 g/mol. The fourth-order valence-electron chi connectivity index (χ4n) is 4.74. The van der Waals surface area contributed by atoms with Crippen LogP contribution in [0.15, 0.2) is 59.7 Å². The van der Waals surface area contributed by atoms with Crippen LogP contribution in [0.2, 0.25) is 0 Å². The van der Waals surface area contributed by atoms with Crippen LogP contribution in [0.5, 0.6) is 5.88 Å². The molecule has 2 amide bonds. The number of unbranched alkanes of at least 4 members (excludes halogenated alkanes) is 1. The van der Waals surface area contributed by atoms with Crippen LogP contribution in [0.1, 0.15) is 54.2 Å². The zero-order valence-electron chi connectivity index (χ0n) is 32.4. The van der Waals surface area contributed by atoms with Gasteiger partial charge in [-0.15, -0.1) is 0 Å². The SMILES string of the molecule is CC(=O)OCCNC=O.COCCNC(=O)CCCCC(=O)c1ccc(NCc2cnc3nc(/N=C/N(C)C)nc(OCCc4ccc([N+](=O)[O-])cc4)c3n2)cc1. The quantitative estimate of drug-likeness (QED) is 0.0142. The third-order valence-corrected chi connectivity index (χ3v) is 7.60. The molecule has 19 nitrogen and oxygen atoms in total. The Balaban J connectivity index is 0.000000860. The maximum Gasteiger partial charge on any atom is 0.302 e. The van der Waals surface area contributed by atoms with Gasteiger partial charge in [0.2, 0.25) is 18.2 Å². The number of nitro benzene ring substituents is 1. The van der Waals surface area contributed by atoms with E-state index in [9.17, 15) is 29.3 Å². The molecule has 0 fully saturated rings. The Morgan fingerprint density at radius 3 is 2.35 bits per heavy atom. The lowest BCUT2D eigenvalue weighted by Crippen LogP contribution is -2.26. The number of nitrogens with zero attached hydrogens (tertiary/aromatic N) is 7. The number of methoxy groups -OCH3 is 1. The molecule has 0 aliphatic carbocycles. The van der Waals surface area contributed by atoms with Crippen molar-refractivity contribution in [1.82, 2.24) is 35.5 Å². The van der Waals surface area contributed by atoms with E-state index in [1.807, 2.05) is 26.2 Å². The molecule has 4 rings (SSSR count). The Kier molecular flexibility index (Phi) is 19.4. The minimum atomic E-state index is -0.440. The number of hydrogen-bond acceptors (Lipinski definition) is 15. The van der Waals surface area contributed by atoms with Gasteiger partial charge in [0.1, 0.15) is 6.61 Å². The van der Waals surface area contributed by atoms with E-state index in [1.54, 1.807) is 48.8 Å². The summed E-state index contributed by atoms with van der Waals surface area (Å²) in [6.07, 6.45) is 6.24. The summed E-state index contributed by atoms with van der Waals surface area (Å²) in [5, 5.41) is 19.4. The summed E-state index contributed by atoms with van der Waals surface area (Å²) < 4.78 is 15.4. The van der Waals surface area contributed by atoms with Gasteiger partial charge in [-0.1, -0.05) is 12.1 Å². The van der Waals surface area contributed by atoms with Gasteiger partial charge in [0.05, 0.1) is 49.5 Å². The fraction of sp³-hybridized carbons (Fsp3) is 0.395. The number of benzene rings is 2. The number of aromatic nitrogens is 4. The summed E-state index contributed by atoms with van der Waals surface area (Å²) in [6, 6.07) is 13.5. The lowest BCUT2D eigenvalue weighted by molar-refractivity contribution is -0.384. The van der Waals surface area contributed by atoms with Crippen LogP contribution in [0, 0.1) is 10.1 Å². The topological polar surface area (TPSA) is 242 Å². The number of non-ortho nitro benzene ring substituents is 1. The van der Waals surface area contributed by atoms with E-state index in [-0.39, 0.29) is 48.4 Å². The lowest BCUT2D eigenvalue weighted by Gasteiger charge is -2.11. The molecule has 0 aliphatic rings. The largest absolute Gasteiger partial charge is 0.476 e. The molecule has 57 heavy (non-hydrogen) atoms. The highest BCUT2D eigenvalue weighted by atomic mass is 16.6. The van der Waals surface area contributed by atoms with Gasteiger partial charge >= 0.3 is 5.97 Å². The van der Waals surface area contributed by atoms with Crippen molar-refractivity contribution in [2.45, 2.75) is 45.6 Å². The molecule has 0 atom stereocenters. The zero-order valence-corrected chi connectivity index (χ0v) is 32.4. The Hall–Kier alpha value is -6.63. The molecule has 0 spiro atoms. The number of esters is 1. The Morgan fingerprint density at radius 1 is 0.947 bits per heavy atom. The first-order valence-electron chi connectivity index (χ1n) is 18.0. The molecule has 3 N–H and O–H groups in total. The molecule has 0 radical (unpaired) electrons. The van der Waals surface area contributed by atoms with E-state index < -0.39 is 4.92 Å². The second kappa shape index (κ2) is 24.7. The summed E-state index contributed by atoms with van der Waals surface area (Å²) >= 11 is 0. The first-order valence-corrected chi connectivity index (χ1v) is 18.0. The van der Waals surface area contributed by atoms with Crippen LogP contribution in [0.4, 0.5) is 17.3 Å². The van der Waals surface area contributed by atoms with E-state index in [0.717, 1.165) is 11.3 Å². The standard InChI is InChI=1S/C33H39N9O6.C5H9NO3/c1-41(2)22-37-33-39-31-30(32(40-33)48-18-16-23-8-14-27(15-9-23)42(45)46)38-26(21-36-31)20-35-25-12-10-24(11-13-25)28(43)6-4-5-7-29(44)34-17-19-47-3;1-5(8)9-3-2-6-4-7/h8-15,21-22,35H,4-7,16-20H2,1-3H3,(H,34,44);4H,2-3H2,1H3,(H,6,7)/b37-22+;. The van der Waals surface area contributed by atoms with E-state index in [1.165, 1.54) is 19.1 Å². The Labute approximate surface area is 329 Å². The molecule has 4 aromatic rings. The van der Waals surface area contributed by atoms with E-state index >= 15 is 0 Å². The molecule has 304 valence electrons. The van der Waals surface area contributed by atoms with Crippen molar-refractivity contribution in [3.8, 4) is 5.88 Å². The highest BCUT2D eigenvalue weighted by Gasteiger charge is 2.14. The van der Waals surface area contributed by atoms with Crippen LogP contribution < -0.4 is 20.7 Å². The lowest BCUT2D eigenvalue weighted by atomic mass is 10.0. The number of ketones is 1. The van der Waals surface area contributed by atoms with Crippen LogP contribution in [-0.4, -0.2) is 114 Å². The molecule has 0 aliphatic heterocycles. The number of anilines is 1. The second-order valence-electron chi connectivity index (χ2n) is 12.4. The number of aliphatic imine (C=N–C) groups is 1. The van der Waals surface area contributed by atoms with Crippen molar-refractivity contribution in [2.24, 2.45) is 4.99 Å². The number of carbonyl (C=O) groups excluding carboxylic acids is 4. The number of carbonyl (C=O) groups is 4. The number of ether oxygens (including phenoxy) is 3. The highest BCUT2D eigenvalue weighted by Crippen LogP contribution is 2.23. The summed E-state index contributed by atoms with van der Waals surface area (Å²) in [6.45, 7) is 3.47. The van der Waals surface area contributed by atoms with Crippen molar-refractivity contribution in [3.05, 3.63) is 81.7 Å². The molecule has 0 saturated carbocycles. The van der Waals surface area contributed by atoms with Crippen molar-refractivity contribution in [2.75, 3.05) is 59.4 Å². The molecule has 0 saturated heterocycles. The summed E-state index contributed by atoms with van der Waals surface area (Å²) in [5.41, 5.74) is 3.60. The van der Waals surface area contributed by atoms with E-state index in [4.69, 9.17) is 14.5 Å². The maximum absolute atomic E-state index is 12.6. The van der Waals surface area contributed by atoms with Gasteiger partial charge in [0.15, 0.2) is 16.9 Å². The highest BCUT2D eigenvalue weighted by molar-refractivity contribution is 5.96. The average Bonchev–Trinajstić information content (AvgIpc) is 3.20. The monoisotopic (exact) mass is 788 g/mol. The fourth-order valence-corrected chi connectivity index (χ4v) is 4.74. The number of amides is 2. The zero-order chi connectivity index (χ0) is 41.4. The van der Waals surface area contributed by atoms with E-state index in [0.29, 0.717) is 87.2 Å². The Morgan fingerprint density at radius 2 is 1.68 bits per heavy atom. The van der Waals surface area contributed by atoms with Crippen LogP contribution in [0.3, 0.4) is 0 Å². The number of Topliss-reactive ketones (excluding diaryl/α,β-unsaturated/α-hetero) is 1. The smallest absolute Gasteiger partial charge is 0.302 e. The normalized spacial score (nSPS) is 10.6. The maximum atomic E-state index is 12.6.